The summed E-state index contributed by atoms with van der Waals surface area (Å²) in [5.74, 6) is 0. The zero-order valence-corrected chi connectivity index (χ0v) is 14.4. The van der Waals surface area contributed by atoms with Crippen LogP contribution in [0.25, 0.3) is 0 Å². The summed E-state index contributed by atoms with van der Waals surface area (Å²) in [7, 11) is 0. The van der Waals surface area contributed by atoms with Gasteiger partial charge in [0.25, 0.3) is 0 Å². The molecule has 0 amide bonds. The molecule has 1 radical (unpaired) electrons. The first-order valence-electron chi connectivity index (χ1n) is 9.27. The number of unbranched alkanes of at least 4 members (excludes halogenated alkanes) is 12. The summed E-state index contributed by atoms with van der Waals surface area (Å²) < 4.78 is 0. The van der Waals surface area contributed by atoms with E-state index in [4.69, 9.17) is 5.73 Å². The average Bonchev–Trinajstić information content (AvgIpc) is 2.50. The molecular weight excluding hydrogens is 254 g/mol. The summed E-state index contributed by atoms with van der Waals surface area (Å²) in [6, 6.07) is 0. The zero-order chi connectivity index (χ0) is 15.4. The van der Waals surface area contributed by atoms with Gasteiger partial charge in [0.1, 0.15) is 0 Å². The van der Waals surface area contributed by atoms with Gasteiger partial charge >= 0.3 is 0 Å². The molecule has 123 valence electrons. The highest BCUT2D eigenvalue weighted by Gasteiger charge is 1.92. The molecule has 0 unspecified atom stereocenters. The van der Waals surface area contributed by atoms with Crippen LogP contribution in [0.2, 0.25) is 0 Å². The van der Waals surface area contributed by atoms with Gasteiger partial charge in [-0.25, -0.2) is 0 Å². The highest BCUT2D eigenvalue weighted by molar-refractivity contribution is 5.07. The first kappa shape index (κ1) is 20.4. The Morgan fingerprint density at radius 3 is 1.67 bits per heavy atom. The fourth-order valence-corrected chi connectivity index (χ4v) is 2.50. The van der Waals surface area contributed by atoms with Crippen LogP contribution in [-0.4, -0.2) is 6.54 Å². The summed E-state index contributed by atoms with van der Waals surface area (Å²) in [5, 5.41) is 0. The molecule has 0 aromatic rings. The lowest BCUT2D eigenvalue weighted by Crippen LogP contribution is -1.95. The molecule has 0 spiro atoms. The molecule has 0 aliphatic carbocycles. The van der Waals surface area contributed by atoms with Crippen molar-refractivity contribution >= 4 is 0 Å². The van der Waals surface area contributed by atoms with Crippen LogP contribution < -0.4 is 5.73 Å². The Labute approximate surface area is 134 Å². The summed E-state index contributed by atoms with van der Waals surface area (Å²) in [6.45, 7) is 2.91. The van der Waals surface area contributed by atoms with Gasteiger partial charge in [0.15, 0.2) is 0 Å². The molecule has 0 saturated carbocycles. The largest absolute Gasteiger partial charge is 0.330 e. The van der Waals surface area contributed by atoms with E-state index in [2.05, 4.69) is 25.2 Å². The van der Waals surface area contributed by atoms with Gasteiger partial charge in [-0.05, 0) is 25.8 Å². The second kappa shape index (κ2) is 19.4. The molecule has 0 atom stereocenters. The van der Waals surface area contributed by atoms with Crippen molar-refractivity contribution in [1.29, 1.82) is 0 Å². The Kier molecular flexibility index (Phi) is 18.9. The zero-order valence-electron chi connectivity index (χ0n) is 14.4. The van der Waals surface area contributed by atoms with E-state index in [0.717, 1.165) is 0 Å². The van der Waals surface area contributed by atoms with Gasteiger partial charge in [-0.3, -0.25) is 0 Å². The van der Waals surface area contributed by atoms with E-state index < -0.39 is 0 Å². The van der Waals surface area contributed by atoms with Crippen molar-refractivity contribution in [2.24, 2.45) is 5.73 Å². The van der Waals surface area contributed by atoms with Crippen molar-refractivity contribution < 1.29 is 0 Å². The predicted octanol–water partition coefficient (Wildman–Crippen LogP) is 6.35. The SMILES string of the molecule is CCCCCCCCCCCCCCC=CC=C[CH]CN. The third kappa shape index (κ3) is 19.4. The normalized spacial score (nSPS) is 11.9. The Hall–Kier alpha value is -0.560. The lowest BCUT2D eigenvalue weighted by molar-refractivity contribution is 0.545. The van der Waals surface area contributed by atoms with Gasteiger partial charge < -0.3 is 5.73 Å². The standard InChI is InChI=1S/C20H38N/c1-2-3-4-5-6-7-8-9-10-11-12-13-14-15-16-17-18-19-20-21/h15-19H,2-14,20-21H2,1H3. The summed E-state index contributed by atoms with van der Waals surface area (Å²) in [5.41, 5.74) is 5.36. The molecule has 0 aromatic carbocycles. The first-order valence-corrected chi connectivity index (χ1v) is 9.27. The monoisotopic (exact) mass is 292 g/mol. The second-order valence-corrected chi connectivity index (χ2v) is 5.96. The molecule has 0 saturated heterocycles. The number of nitrogens with two attached hydrogens (primary N) is 1. The highest BCUT2D eigenvalue weighted by Crippen LogP contribution is 2.12. The van der Waals surface area contributed by atoms with Gasteiger partial charge in [0.2, 0.25) is 0 Å². The van der Waals surface area contributed by atoms with Crippen molar-refractivity contribution in [3.8, 4) is 0 Å². The number of hydrogen-bond acceptors (Lipinski definition) is 1. The van der Waals surface area contributed by atoms with Crippen LogP contribution in [0, 0.1) is 6.42 Å². The Bertz CT molecular complexity index is 230. The molecule has 21 heavy (non-hydrogen) atoms. The van der Waals surface area contributed by atoms with Crippen molar-refractivity contribution in [2.75, 3.05) is 6.54 Å². The molecule has 0 aliphatic heterocycles. The molecule has 1 nitrogen and oxygen atoms in total. The van der Waals surface area contributed by atoms with Crippen LogP contribution in [0.5, 0.6) is 0 Å². The fourth-order valence-electron chi connectivity index (χ4n) is 2.50. The van der Waals surface area contributed by atoms with E-state index in [0.29, 0.717) is 6.54 Å². The molecule has 0 rings (SSSR count). The van der Waals surface area contributed by atoms with Crippen LogP contribution in [-0.2, 0) is 0 Å². The van der Waals surface area contributed by atoms with Crippen LogP contribution in [0.4, 0.5) is 0 Å². The number of rotatable bonds is 16. The minimum atomic E-state index is 0.628. The minimum absolute atomic E-state index is 0.628. The summed E-state index contributed by atoms with van der Waals surface area (Å²) in [6.07, 6.45) is 28.7. The molecule has 0 fully saturated rings. The fraction of sp³-hybridized carbons (Fsp3) is 0.750. The van der Waals surface area contributed by atoms with E-state index in [1.807, 2.05) is 12.5 Å². The Morgan fingerprint density at radius 2 is 1.14 bits per heavy atom. The third-order valence-electron chi connectivity index (χ3n) is 3.85. The number of hydrogen-bond donors (Lipinski definition) is 1. The van der Waals surface area contributed by atoms with Gasteiger partial charge in [0, 0.05) is 0 Å². The van der Waals surface area contributed by atoms with Crippen LogP contribution >= 0.6 is 0 Å². The van der Waals surface area contributed by atoms with E-state index in [9.17, 15) is 0 Å². The van der Waals surface area contributed by atoms with Gasteiger partial charge in [0.05, 0.1) is 0 Å². The van der Waals surface area contributed by atoms with Crippen LogP contribution in [0.1, 0.15) is 90.4 Å². The van der Waals surface area contributed by atoms with Crippen molar-refractivity contribution in [3.05, 3.63) is 30.7 Å². The molecule has 2 N–H and O–H groups in total. The third-order valence-corrected chi connectivity index (χ3v) is 3.85. The molecule has 0 aromatic heterocycles. The molecule has 0 aliphatic rings. The topological polar surface area (TPSA) is 26.0 Å². The summed E-state index contributed by atoms with van der Waals surface area (Å²) >= 11 is 0. The van der Waals surface area contributed by atoms with Crippen LogP contribution in [0.3, 0.4) is 0 Å². The lowest BCUT2D eigenvalue weighted by atomic mass is 10.0. The molecular formula is C20H38N. The van der Waals surface area contributed by atoms with E-state index >= 15 is 0 Å². The van der Waals surface area contributed by atoms with Crippen molar-refractivity contribution in [1.82, 2.24) is 0 Å². The second-order valence-electron chi connectivity index (χ2n) is 5.96. The van der Waals surface area contributed by atoms with E-state index in [-0.39, 0.29) is 0 Å². The lowest BCUT2D eigenvalue weighted by Gasteiger charge is -2.02. The first-order chi connectivity index (χ1) is 10.4. The van der Waals surface area contributed by atoms with Crippen molar-refractivity contribution in [2.45, 2.75) is 90.4 Å². The maximum absolute atomic E-state index is 5.36. The number of allylic oxidation sites excluding steroid dienone is 3. The minimum Gasteiger partial charge on any atom is -0.330 e. The molecule has 1 heteroatoms. The maximum Gasteiger partial charge on any atom is -0.000791 e. The highest BCUT2D eigenvalue weighted by atomic mass is 14.5. The smallest absolute Gasteiger partial charge is 0.000791 e. The van der Waals surface area contributed by atoms with Gasteiger partial charge in [-0.1, -0.05) is 102 Å². The van der Waals surface area contributed by atoms with Gasteiger partial charge in [-0.15, -0.1) is 0 Å². The summed E-state index contributed by atoms with van der Waals surface area (Å²) in [4.78, 5) is 0. The Morgan fingerprint density at radius 1 is 0.619 bits per heavy atom. The molecule has 0 bridgehead atoms. The van der Waals surface area contributed by atoms with E-state index in [1.54, 1.807) is 0 Å². The van der Waals surface area contributed by atoms with Crippen molar-refractivity contribution in [3.63, 3.8) is 0 Å². The maximum atomic E-state index is 5.36. The predicted molar refractivity (Wildman–Crippen MR) is 97.3 cm³/mol. The van der Waals surface area contributed by atoms with E-state index in [1.165, 1.54) is 83.5 Å². The molecule has 0 heterocycles. The average molecular weight is 293 g/mol. The Balaban J connectivity index is 3.05. The van der Waals surface area contributed by atoms with Crippen LogP contribution in [0.15, 0.2) is 24.3 Å². The van der Waals surface area contributed by atoms with Gasteiger partial charge in [-0.2, -0.15) is 0 Å². The quantitative estimate of drug-likeness (QED) is 0.260.